The number of nitrogens with two attached hydrogens (primary N) is 1. The maximum Gasteiger partial charge on any atom is 0.425 e. The first-order valence-corrected chi connectivity index (χ1v) is 10.9. The minimum atomic E-state index is -4.56. The smallest absolute Gasteiger partial charge is 0.425 e. The molecule has 2 fully saturated rings. The van der Waals surface area contributed by atoms with E-state index in [1.807, 2.05) is 4.90 Å². The molecule has 2 aromatic rings. The van der Waals surface area contributed by atoms with Gasteiger partial charge in [-0.1, -0.05) is 0 Å². The summed E-state index contributed by atoms with van der Waals surface area (Å²) >= 11 is 0. The number of alkyl halides is 3. The molecule has 2 saturated heterocycles. The van der Waals surface area contributed by atoms with E-state index in [1.54, 1.807) is 4.90 Å². The molecular weight excluding hydrogens is 461 g/mol. The number of carbonyl (C=O) groups excluding carboxylic acids is 1. The highest BCUT2D eigenvalue weighted by Gasteiger charge is 2.45. The summed E-state index contributed by atoms with van der Waals surface area (Å²) in [7, 11) is 0. The Morgan fingerprint density at radius 1 is 1.09 bits per heavy atom. The average molecular weight is 485 g/mol. The molecule has 0 unspecified atom stereocenters. The van der Waals surface area contributed by atoms with E-state index in [2.05, 4.69) is 9.97 Å². The molecule has 0 radical (unpaired) electrons. The molecule has 3 heterocycles. The minimum absolute atomic E-state index is 0.159. The number of amides is 1. The first-order chi connectivity index (χ1) is 16.0. The third kappa shape index (κ3) is 4.71. The van der Waals surface area contributed by atoms with Crippen LogP contribution in [-0.4, -0.2) is 46.8 Å². The zero-order valence-corrected chi connectivity index (χ0v) is 18.4. The first-order valence-electron chi connectivity index (χ1n) is 10.9. The standard InChI is InChI=1S/C22H24F5N5O2/c1-13(22(25,26)27)34-18-12-17(29-20(28)30-18)31-9-7-21(8-10-31)6-2-3-19(33)32(21)14-4-5-15(23)16(24)11-14/h4-5,11-13H,2-3,6-10H2,1H3,(H2,28,29,30)/t13-/m0/s1. The van der Waals surface area contributed by atoms with Gasteiger partial charge in [0.05, 0.1) is 5.54 Å². The summed E-state index contributed by atoms with van der Waals surface area (Å²) < 4.78 is 70.9. The van der Waals surface area contributed by atoms with E-state index >= 15 is 0 Å². The lowest BCUT2D eigenvalue weighted by Crippen LogP contribution is -2.60. The number of nitrogen functional groups attached to an aromatic ring is 1. The van der Waals surface area contributed by atoms with Crippen LogP contribution in [0.15, 0.2) is 24.3 Å². The van der Waals surface area contributed by atoms with E-state index in [-0.39, 0.29) is 17.7 Å². The van der Waals surface area contributed by atoms with Gasteiger partial charge in [0, 0.05) is 37.3 Å². The van der Waals surface area contributed by atoms with Gasteiger partial charge in [0.15, 0.2) is 17.7 Å². The highest BCUT2D eigenvalue weighted by atomic mass is 19.4. The zero-order valence-electron chi connectivity index (χ0n) is 18.4. The van der Waals surface area contributed by atoms with Gasteiger partial charge in [-0.05, 0) is 44.7 Å². The Kier molecular flexibility index (Phi) is 6.26. The maximum absolute atomic E-state index is 13.9. The van der Waals surface area contributed by atoms with Crippen LogP contribution in [-0.2, 0) is 4.79 Å². The lowest BCUT2D eigenvalue weighted by Gasteiger charge is -2.51. The molecule has 1 spiro atoms. The van der Waals surface area contributed by atoms with Crippen LogP contribution in [0.5, 0.6) is 5.88 Å². The molecule has 2 aliphatic heterocycles. The van der Waals surface area contributed by atoms with Crippen molar-refractivity contribution in [1.29, 1.82) is 0 Å². The van der Waals surface area contributed by atoms with Gasteiger partial charge in [0.25, 0.3) is 0 Å². The quantitative estimate of drug-likeness (QED) is 0.653. The van der Waals surface area contributed by atoms with Gasteiger partial charge in [-0.15, -0.1) is 0 Å². The van der Waals surface area contributed by atoms with Crippen molar-refractivity contribution in [2.24, 2.45) is 0 Å². The van der Waals surface area contributed by atoms with Crippen LogP contribution < -0.4 is 20.3 Å². The van der Waals surface area contributed by atoms with Gasteiger partial charge >= 0.3 is 6.18 Å². The van der Waals surface area contributed by atoms with Crippen molar-refractivity contribution < 1.29 is 31.5 Å². The van der Waals surface area contributed by atoms with Crippen LogP contribution in [0.1, 0.15) is 39.0 Å². The largest absolute Gasteiger partial charge is 0.465 e. The van der Waals surface area contributed by atoms with Crippen molar-refractivity contribution in [1.82, 2.24) is 9.97 Å². The van der Waals surface area contributed by atoms with E-state index in [9.17, 15) is 26.7 Å². The van der Waals surface area contributed by atoms with Gasteiger partial charge in [0.1, 0.15) is 5.82 Å². The molecule has 34 heavy (non-hydrogen) atoms. The molecule has 0 bridgehead atoms. The van der Waals surface area contributed by atoms with Gasteiger partial charge in [0.2, 0.25) is 17.7 Å². The molecule has 0 saturated carbocycles. The monoisotopic (exact) mass is 485 g/mol. The van der Waals surface area contributed by atoms with E-state index in [4.69, 9.17) is 10.5 Å². The highest BCUT2D eigenvalue weighted by molar-refractivity contribution is 5.95. The lowest BCUT2D eigenvalue weighted by atomic mass is 9.78. The molecule has 1 aromatic carbocycles. The number of halogens is 5. The van der Waals surface area contributed by atoms with E-state index in [0.29, 0.717) is 56.7 Å². The summed E-state index contributed by atoms with van der Waals surface area (Å²) in [4.78, 5) is 24.1. The van der Waals surface area contributed by atoms with Crippen LogP contribution in [0.2, 0.25) is 0 Å². The van der Waals surface area contributed by atoms with Crippen molar-refractivity contribution in [3.05, 3.63) is 35.9 Å². The maximum atomic E-state index is 13.9. The first kappa shape index (κ1) is 24.0. The van der Waals surface area contributed by atoms with Crippen molar-refractivity contribution in [2.45, 2.75) is 56.8 Å². The molecule has 184 valence electrons. The fourth-order valence-electron chi connectivity index (χ4n) is 4.63. The second-order valence-corrected chi connectivity index (χ2v) is 8.62. The Labute approximate surface area is 192 Å². The number of nitrogens with zero attached hydrogens (tertiary/aromatic N) is 4. The fourth-order valence-corrected chi connectivity index (χ4v) is 4.63. The van der Waals surface area contributed by atoms with Gasteiger partial charge in [-0.25, -0.2) is 8.78 Å². The molecule has 1 aromatic heterocycles. The summed E-state index contributed by atoms with van der Waals surface area (Å²) in [5, 5.41) is 0. The Balaban J connectivity index is 1.54. The van der Waals surface area contributed by atoms with Crippen molar-refractivity contribution in [3.63, 3.8) is 0 Å². The molecule has 12 heteroatoms. The number of rotatable bonds is 4. The molecule has 1 amide bonds. The highest BCUT2D eigenvalue weighted by Crippen LogP contribution is 2.42. The summed E-state index contributed by atoms with van der Waals surface area (Å²) in [5.41, 5.74) is 5.42. The third-order valence-corrected chi connectivity index (χ3v) is 6.40. The van der Waals surface area contributed by atoms with E-state index in [0.717, 1.165) is 19.1 Å². The van der Waals surface area contributed by atoms with Crippen LogP contribution in [0.4, 0.5) is 39.4 Å². The normalized spacial score (nSPS) is 19.4. The number of hydrogen-bond donors (Lipinski definition) is 1. The van der Waals surface area contributed by atoms with Crippen LogP contribution >= 0.6 is 0 Å². The summed E-state index contributed by atoms with van der Waals surface area (Å²) in [6.45, 7) is 1.70. The summed E-state index contributed by atoms with van der Waals surface area (Å²) in [6, 6.07) is 4.73. The lowest BCUT2D eigenvalue weighted by molar-refractivity contribution is -0.189. The number of carbonyl (C=O) groups is 1. The number of aromatic nitrogens is 2. The number of hydrogen-bond acceptors (Lipinski definition) is 6. The number of benzene rings is 1. The van der Waals surface area contributed by atoms with Crippen molar-refractivity contribution >= 4 is 23.4 Å². The minimum Gasteiger partial charge on any atom is -0.465 e. The van der Waals surface area contributed by atoms with E-state index in [1.165, 1.54) is 12.1 Å². The molecule has 7 nitrogen and oxygen atoms in total. The second-order valence-electron chi connectivity index (χ2n) is 8.62. The molecule has 2 N–H and O–H groups in total. The Hall–Kier alpha value is -3.18. The van der Waals surface area contributed by atoms with Crippen LogP contribution in [0, 0.1) is 11.6 Å². The fraction of sp³-hybridized carbons (Fsp3) is 0.500. The summed E-state index contributed by atoms with van der Waals surface area (Å²) in [6.07, 6.45) is -3.97. The number of anilines is 3. The third-order valence-electron chi connectivity index (χ3n) is 6.40. The average Bonchev–Trinajstić information content (AvgIpc) is 2.75. The summed E-state index contributed by atoms with van der Waals surface area (Å²) in [5.74, 6) is -2.37. The predicted molar refractivity (Wildman–Crippen MR) is 114 cm³/mol. The van der Waals surface area contributed by atoms with Gasteiger partial charge < -0.3 is 20.3 Å². The Morgan fingerprint density at radius 3 is 2.44 bits per heavy atom. The molecular formula is C22H24F5N5O2. The van der Waals surface area contributed by atoms with Crippen molar-refractivity contribution in [2.75, 3.05) is 28.6 Å². The predicted octanol–water partition coefficient (Wildman–Crippen LogP) is 4.22. The molecule has 2 aliphatic rings. The van der Waals surface area contributed by atoms with Crippen molar-refractivity contribution in [3.8, 4) is 5.88 Å². The van der Waals surface area contributed by atoms with Crippen LogP contribution in [0.25, 0.3) is 0 Å². The topological polar surface area (TPSA) is 84.6 Å². The van der Waals surface area contributed by atoms with Crippen LogP contribution in [0.3, 0.4) is 0 Å². The molecule has 0 aliphatic carbocycles. The van der Waals surface area contributed by atoms with Gasteiger partial charge in [-0.2, -0.15) is 23.1 Å². The molecule has 4 rings (SSSR count). The Morgan fingerprint density at radius 2 is 1.79 bits per heavy atom. The number of ether oxygens (including phenoxy) is 1. The van der Waals surface area contributed by atoms with Gasteiger partial charge in [-0.3, -0.25) is 4.79 Å². The number of piperidine rings is 2. The van der Waals surface area contributed by atoms with E-state index < -0.39 is 29.5 Å². The Bertz CT molecular complexity index is 1070. The molecule has 1 atom stereocenters. The SMILES string of the molecule is C[C@H](Oc1cc(N2CCC3(CCCC(=O)N3c3ccc(F)c(F)c3)CC2)nc(N)n1)C(F)(F)F. The zero-order chi connectivity index (χ0) is 24.7. The second kappa shape index (κ2) is 8.88.